The number of rotatable bonds is 12. The fourth-order valence-electron chi connectivity index (χ4n) is 5.09. The summed E-state index contributed by atoms with van der Waals surface area (Å²) < 4.78 is 14.0. The van der Waals surface area contributed by atoms with Crippen molar-refractivity contribution in [1.82, 2.24) is 19.7 Å². The van der Waals surface area contributed by atoms with E-state index in [0.29, 0.717) is 36.6 Å². The fourth-order valence-corrected chi connectivity index (χ4v) is 5.09. The van der Waals surface area contributed by atoms with E-state index in [2.05, 4.69) is 20.5 Å². The Bertz CT molecular complexity index is 1830. The van der Waals surface area contributed by atoms with Crippen molar-refractivity contribution in [3.05, 3.63) is 149 Å². The molecule has 0 fully saturated rings. The normalized spacial score (nSPS) is 11.7. The van der Waals surface area contributed by atoms with Crippen LogP contribution in [0.3, 0.4) is 0 Å². The molecule has 6 rings (SSSR count). The second-order valence-corrected chi connectivity index (χ2v) is 10.5. The Morgan fingerprint density at radius 3 is 2.32 bits per heavy atom. The molecular formula is C36H33N5O3. The van der Waals surface area contributed by atoms with Crippen molar-refractivity contribution in [1.29, 1.82) is 0 Å². The highest BCUT2D eigenvalue weighted by Gasteiger charge is 2.19. The Morgan fingerprint density at radius 1 is 0.886 bits per heavy atom. The van der Waals surface area contributed by atoms with E-state index < -0.39 is 0 Å². The maximum atomic E-state index is 13.4. The zero-order valence-electron chi connectivity index (χ0n) is 24.7. The van der Waals surface area contributed by atoms with Crippen molar-refractivity contribution in [3.8, 4) is 17.2 Å². The van der Waals surface area contributed by atoms with Gasteiger partial charge in [0.25, 0.3) is 0 Å². The molecule has 0 aliphatic heterocycles. The lowest BCUT2D eigenvalue weighted by molar-refractivity contribution is 0.103. The number of aryl methyl sites for hydroxylation is 2. The standard InChI is InChI=1S/C36H33N5O3/c1-25-32(39-36(44-25)29-13-7-4-8-14-29)21-22-43-30-19-17-27(18-20-30)34(23-41-24-37-40-26(41)2)38-33-16-10-9-15-31(33)35(42)28-11-5-3-6-12-28/h3-20,24,34,38H,21-23H2,1-2H3/t34-/m1/s1. The van der Waals surface area contributed by atoms with Crippen LogP contribution in [0.25, 0.3) is 11.5 Å². The molecule has 0 bridgehead atoms. The van der Waals surface area contributed by atoms with E-state index in [1.807, 2.05) is 128 Å². The number of carbonyl (C=O) groups is 1. The van der Waals surface area contributed by atoms with Crippen LogP contribution in [0.1, 0.15) is 44.8 Å². The van der Waals surface area contributed by atoms with Crippen LogP contribution in [0.5, 0.6) is 5.75 Å². The smallest absolute Gasteiger partial charge is 0.226 e. The van der Waals surface area contributed by atoms with Gasteiger partial charge >= 0.3 is 0 Å². The first-order valence-corrected chi connectivity index (χ1v) is 14.6. The fraction of sp³-hybridized carbons (Fsp3) is 0.167. The van der Waals surface area contributed by atoms with E-state index in [9.17, 15) is 4.79 Å². The Morgan fingerprint density at radius 2 is 1.59 bits per heavy atom. The van der Waals surface area contributed by atoms with Gasteiger partial charge in [-0.25, -0.2) is 4.98 Å². The highest BCUT2D eigenvalue weighted by atomic mass is 16.5. The average Bonchev–Trinajstić information content (AvgIpc) is 3.65. The summed E-state index contributed by atoms with van der Waals surface area (Å²) in [6.45, 7) is 4.90. The minimum absolute atomic E-state index is 0.0325. The number of para-hydroxylation sites is 1. The summed E-state index contributed by atoms with van der Waals surface area (Å²) in [7, 11) is 0. The van der Waals surface area contributed by atoms with Crippen LogP contribution in [0.4, 0.5) is 5.69 Å². The molecule has 0 spiro atoms. The maximum absolute atomic E-state index is 13.4. The molecule has 0 unspecified atom stereocenters. The SMILES string of the molecule is Cc1oc(-c2ccccc2)nc1CCOc1ccc([C@@H](Cn2cnnc2C)Nc2ccccc2C(=O)c2ccccc2)cc1. The molecule has 8 nitrogen and oxygen atoms in total. The lowest BCUT2D eigenvalue weighted by Crippen LogP contribution is -2.19. The van der Waals surface area contributed by atoms with E-state index in [0.717, 1.165) is 39.8 Å². The average molecular weight is 584 g/mol. The summed E-state index contributed by atoms with van der Waals surface area (Å²) in [5.41, 5.74) is 4.89. The molecule has 44 heavy (non-hydrogen) atoms. The number of ketones is 1. The molecule has 1 N–H and O–H groups in total. The summed E-state index contributed by atoms with van der Waals surface area (Å²) >= 11 is 0. The van der Waals surface area contributed by atoms with Gasteiger partial charge in [0.05, 0.1) is 18.3 Å². The van der Waals surface area contributed by atoms with Crippen molar-refractivity contribution in [2.24, 2.45) is 0 Å². The summed E-state index contributed by atoms with van der Waals surface area (Å²) in [4.78, 5) is 18.1. The molecule has 1 atom stereocenters. The molecule has 6 aromatic rings. The third-order valence-electron chi connectivity index (χ3n) is 7.53. The van der Waals surface area contributed by atoms with E-state index in [-0.39, 0.29) is 11.8 Å². The summed E-state index contributed by atoms with van der Waals surface area (Å²) in [6, 6.07) is 34.7. The van der Waals surface area contributed by atoms with Crippen LogP contribution >= 0.6 is 0 Å². The van der Waals surface area contributed by atoms with Gasteiger partial charge in [0, 0.05) is 35.3 Å². The molecule has 8 heteroatoms. The van der Waals surface area contributed by atoms with Crippen molar-refractivity contribution < 1.29 is 13.9 Å². The zero-order chi connectivity index (χ0) is 30.3. The monoisotopic (exact) mass is 583 g/mol. The van der Waals surface area contributed by atoms with Gasteiger partial charge in [-0.1, -0.05) is 72.8 Å². The molecule has 2 heterocycles. The molecule has 0 aliphatic carbocycles. The second kappa shape index (κ2) is 13.2. The lowest BCUT2D eigenvalue weighted by atomic mass is 10.00. The van der Waals surface area contributed by atoms with Crippen molar-refractivity contribution in [3.63, 3.8) is 0 Å². The van der Waals surface area contributed by atoms with E-state index in [1.54, 1.807) is 6.33 Å². The molecule has 220 valence electrons. The molecule has 0 saturated carbocycles. The van der Waals surface area contributed by atoms with Gasteiger partial charge in [0.15, 0.2) is 5.78 Å². The van der Waals surface area contributed by atoms with Gasteiger partial charge in [-0.3, -0.25) is 4.79 Å². The summed E-state index contributed by atoms with van der Waals surface area (Å²) in [5.74, 6) is 2.96. The van der Waals surface area contributed by atoms with Crippen molar-refractivity contribution in [2.75, 3.05) is 11.9 Å². The first kappa shape index (κ1) is 28.6. The lowest BCUT2D eigenvalue weighted by Gasteiger charge is -2.23. The second-order valence-electron chi connectivity index (χ2n) is 10.5. The first-order valence-electron chi connectivity index (χ1n) is 14.6. The largest absolute Gasteiger partial charge is 0.493 e. The van der Waals surface area contributed by atoms with E-state index in [1.165, 1.54) is 0 Å². The highest BCUT2D eigenvalue weighted by molar-refractivity contribution is 6.12. The van der Waals surface area contributed by atoms with Crippen LogP contribution in [0, 0.1) is 13.8 Å². The van der Waals surface area contributed by atoms with E-state index in [4.69, 9.17) is 9.15 Å². The Hall–Kier alpha value is -5.50. The van der Waals surface area contributed by atoms with Crippen LogP contribution in [0.15, 0.2) is 120 Å². The van der Waals surface area contributed by atoms with E-state index >= 15 is 0 Å². The molecule has 0 saturated heterocycles. The molecule has 0 aliphatic rings. The first-order chi connectivity index (χ1) is 21.5. The number of hydrogen-bond acceptors (Lipinski definition) is 7. The number of hydrogen-bond donors (Lipinski definition) is 1. The number of anilines is 1. The number of ether oxygens (including phenoxy) is 1. The van der Waals surface area contributed by atoms with Gasteiger partial charge in [-0.15, -0.1) is 10.2 Å². The number of carbonyl (C=O) groups excluding carboxylic acids is 1. The van der Waals surface area contributed by atoms with Gasteiger partial charge in [-0.2, -0.15) is 0 Å². The summed E-state index contributed by atoms with van der Waals surface area (Å²) in [5, 5.41) is 11.8. The molecule has 0 radical (unpaired) electrons. The third-order valence-corrected chi connectivity index (χ3v) is 7.53. The minimum Gasteiger partial charge on any atom is -0.493 e. The third kappa shape index (κ3) is 6.60. The molecule has 4 aromatic carbocycles. The summed E-state index contributed by atoms with van der Waals surface area (Å²) in [6.07, 6.45) is 2.35. The van der Waals surface area contributed by atoms with Crippen LogP contribution in [-0.4, -0.2) is 32.1 Å². The molecule has 2 aromatic heterocycles. The Balaban J connectivity index is 1.17. The number of nitrogens with one attached hydrogen (secondary N) is 1. The van der Waals surface area contributed by atoms with Crippen LogP contribution < -0.4 is 10.1 Å². The Labute approximate surface area is 256 Å². The van der Waals surface area contributed by atoms with Crippen molar-refractivity contribution >= 4 is 11.5 Å². The number of aromatic nitrogens is 4. The molecule has 0 amide bonds. The maximum Gasteiger partial charge on any atom is 0.226 e. The number of oxazole rings is 1. The van der Waals surface area contributed by atoms with Gasteiger partial charge in [0.1, 0.15) is 23.7 Å². The predicted octanol–water partition coefficient (Wildman–Crippen LogP) is 7.26. The van der Waals surface area contributed by atoms with Crippen LogP contribution in [0.2, 0.25) is 0 Å². The minimum atomic E-state index is -0.169. The topological polar surface area (TPSA) is 95.1 Å². The number of nitrogens with zero attached hydrogens (tertiary/aromatic N) is 4. The van der Waals surface area contributed by atoms with Gasteiger partial charge in [0.2, 0.25) is 5.89 Å². The van der Waals surface area contributed by atoms with Crippen molar-refractivity contribution in [2.45, 2.75) is 32.9 Å². The zero-order valence-corrected chi connectivity index (χ0v) is 24.7. The van der Waals surface area contributed by atoms with Crippen LogP contribution in [-0.2, 0) is 13.0 Å². The quantitative estimate of drug-likeness (QED) is 0.152. The predicted molar refractivity (Wildman–Crippen MR) is 170 cm³/mol. The van der Waals surface area contributed by atoms with Gasteiger partial charge in [-0.05, 0) is 55.8 Å². The number of benzene rings is 4. The highest BCUT2D eigenvalue weighted by Crippen LogP contribution is 2.28. The molecular weight excluding hydrogens is 550 g/mol. The van der Waals surface area contributed by atoms with Gasteiger partial charge < -0.3 is 19.0 Å². The Kier molecular flexibility index (Phi) is 8.59.